The zero-order valence-electron chi connectivity index (χ0n) is 19.8. The van der Waals surface area contributed by atoms with Gasteiger partial charge in [-0.3, -0.25) is 9.59 Å². The van der Waals surface area contributed by atoms with E-state index in [1.807, 2.05) is 30.3 Å². The molecule has 1 aliphatic heterocycles. The third-order valence-corrected chi connectivity index (χ3v) is 6.94. The van der Waals surface area contributed by atoms with Crippen LogP contribution in [-0.4, -0.2) is 39.7 Å². The molecule has 2 atom stereocenters. The summed E-state index contributed by atoms with van der Waals surface area (Å²) in [5.74, 6) is 1.23. The van der Waals surface area contributed by atoms with Crippen molar-refractivity contribution in [2.24, 2.45) is 11.8 Å². The molecular formula is C27H34N4O2. The highest BCUT2D eigenvalue weighted by Gasteiger charge is 2.26. The molecule has 1 aliphatic rings. The molecule has 1 aromatic heterocycles. The summed E-state index contributed by atoms with van der Waals surface area (Å²) in [4.78, 5) is 27.6. The number of carbonyl (C=O) groups is 1. The van der Waals surface area contributed by atoms with Gasteiger partial charge in [0.1, 0.15) is 6.54 Å². The molecule has 6 nitrogen and oxygen atoms in total. The second-order valence-corrected chi connectivity index (χ2v) is 9.59. The van der Waals surface area contributed by atoms with E-state index in [1.54, 1.807) is 12.3 Å². The number of aromatic nitrogens is 2. The van der Waals surface area contributed by atoms with E-state index in [4.69, 9.17) is 0 Å². The van der Waals surface area contributed by atoms with Gasteiger partial charge in [0.2, 0.25) is 5.91 Å². The molecule has 1 saturated heterocycles. The lowest BCUT2D eigenvalue weighted by Gasteiger charge is -2.39. The molecule has 1 amide bonds. The third kappa shape index (κ3) is 5.69. The first-order valence-electron chi connectivity index (χ1n) is 12.0. The van der Waals surface area contributed by atoms with Crippen LogP contribution in [0.2, 0.25) is 0 Å². The summed E-state index contributed by atoms with van der Waals surface area (Å²) in [5.41, 5.74) is 1.77. The number of hydrogen-bond donors (Lipinski definition) is 1. The SMILES string of the molecule is CC(C)N1CC[C@@H](CCc2ccc(NC(=O)Cn3ncc4ccccc4c3=O)cc2)[C@H](C)C1. The Bertz CT molecular complexity index is 1150. The van der Waals surface area contributed by atoms with E-state index in [9.17, 15) is 9.59 Å². The number of anilines is 1. The first-order valence-corrected chi connectivity index (χ1v) is 12.0. The van der Waals surface area contributed by atoms with Crippen molar-refractivity contribution >= 4 is 22.4 Å². The Labute approximate surface area is 195 Å². The lowest BCUT2D eigenvalue weighted by molar-refractivity contribution is -0.117. The van der Waals surface area contributed by atoms with E-state index in [2.05, 4.69) is 48.2 Å². The van der Waals surface area contributed by atoms with Crippen LogP contribution in [0.4, 0.5) is 5.69 Å². The molecule has 0 saturated carbocycles. The fourth-order valence-electron chi connectivity index (χ4n) is 4.81. The van der Waals surface area contributed by atoms with Crippen LogP contribution in [0.5, 0.6) is 0 Å². The van der Waals surface area contributed by atoms with Crippen LogP contribution in [0.3, 0.4) is 0 Å². The molecule has 2 aromatic carbocycles. The first-order chi connectivity index (χ1) is 15.9. The summed E-state index contributed by atoms with van der Waals surface area (Å²) in [7, 11) is 0. The van der Waals surface area contributed by atoms with Gasteiger partial charge in [-0.1, -0.05) is 37.3 Å². The number of nitrogens with zero attached hydrogens (tertiary/aromatic N) is 3. The molecule has 1 fully saturated rings. The normalized spacial score (nSPS) is 19.2. The maximum absolute atomic E-state index is 12.6. The highest BCUT2D eigenvalue weighted by molar-refractivity contribution is 5.90. The van der Waals surface area contributed by atoms with Gasteiger partial charge in [-0.15, -0.1) is 0 Å². The number of benzene rings is 2. The number of likely N-dealkylation sites (tertiary alicyclic amines) is 1. The summed E-state index contributed by atoms with van der Waals surface area (Å²) in [5, 5.41) is 8.34. The van der Waals surface area contributed by atoms with Gasteiger partial charge in [0, 0.05) is 23.7 Å². The molecule has 4 rings (SSSR count). The number of hydrogen-bond acceptors (Lipinski definition) is 4. The summed E-state index contributed by atoms with van der Waals surface area (Å²) < 4.78 is 1.21. The van der Waals surface area contributed by atoms with Crippen LogP contribution in [0.25, 0.3) is 10.8 Å². The quantitative estimate of drug-likeness (QED) is 0.586. The number of piperidine rings is 1. The van der Waals surface area contributed by atoms with Crippen LogP contribution in [0.1, 0.15) is 39.2 Å². The van der Waals surface area contributed by atoms with Crippen molar-refractivity contribution in [1.29, 1.82) is 0 Å². The van der Waals surface area contributed by atoms with E-state index in [-0.39, 0.29) is 18.0 Å². The van der Waals surface area contributed by atoms with Crippen LogP contribution >= 0.6 is 0 Å². The molecule has 0 aliphatic carbocycles. The van der Waals surface area contributed by atoms with Gasteiger partial charge >= 0.3 is 0 Å². The molecule has 0 unspecified atom stereocenters. The minimum atomic E-state index is -0.265. The Morgan fingerprint density at radius 3 is 2.64 bits per heavy atom. The summed E-state index contributed by atoms with van der Waals surface area (Å²) >= 11 is 0. The molecule has 6 heteroatoms. The van der Waals surface area contributed by atoms with E-state index in [1.165, 1.54) is 36.2 Å². The number of rotatable bonds is 7. The molecule has 174 valence electrons. The van der Waals surface area contributed by atoms with Gasteiger partial charge < -0.3 is 10.2 Å². The van der Waals surface area contributed by atoms with Crippen molar-refractivity contribution in [1.82, 2.24) is 14.7 Å². The maximum atomic E-state index is 12.6. The standard InChI is InChI=1S/C27H34N4O2/c1-19(2)30-15-14-22(20(3)17-30)11-8-21-9-12-24(13-10-21)29-26(32)18-31-27(33)25-7-5-4-6-23(25)16-28-31/h4-7,9-10,12-13,16,19-20,22H,8,11,14-15,17-18H2,1-3H3,(H,29,32)/t20-,22-/m1/s1. The van der Waals surface area contributed by atoms with E-state index in [0.29, 0.717) is 11.4 Å². The van der Waals surface area contributed by atoms with Crippen molar-refractivity contribution in [3.05, 3.63) is 70.6 Å². The highest BCUT2D eigenvalue weighted by atomic mass is 16.2. The Balaban J connectivity index is 1.29. The Hall–Kier alpha value is -2.99. The van der Waals surface area contributed by atoms with E-state index in [0.717, 1.165) is 29.3 Å². The fourth-order valence-corrected chi connectivity index (χ4v) is 4.81. The molecular weight excluding hydrogens is 412 g/mol. The van der Waals surface area contributed by atoms with Crippen molar-refractivity contribution in [2.45, 2.75) is 52.6 Å². The number of aryl methyl sites for hydroxylation is 1. The zero-order chi connectivity index (χ0) is 23.4. The molecule has 0 radical (unpaired) electrons. The van der Waals surface area contributed by atoms with E-state index < -0.39 is 0 Å². The van der Waals surface area contributed by atoms with Gasteiger partial charge in [0.15, 0.2) is 0 Å². The molecule has 33 heavy (non-hydrogen) atoms. The fraction of sp³-hybridized carbons (Fsp3) is 0.444. The molecule has 0 bridgehead atoms. The summed E-state index contributed by atoms with van der Waals surface area (Å²) in [6, 6.07) is 15.9. The van der Waals surface area contributed by atoms with E-state index >= 15 is 0 Å². The largest absolute Gasteiger partial charge is 0.324 e. The Morgan fingerprint density at radius 1 is 1.15 bits per heavy atom. The van der Waals surface area contributed by atoms with Crippen molar-refractivity contribution in [3.63, 3.8) is 0 Å². The smallest absolute Gasteiger partial charge is 0.275 e. The van der Waals surface area contributed by atoms with Crippen molar-refractivity contribution in [2.75, 3.05) is 18.4 Å². The highest BCUT2D eigenvalue weighted by Crippen LogP contribution is 2.28. The Kier molecular flexibility index (Phi) is 7.23. The number of amides is 1. The minimum Gasteiger partial charge on any atom is -0.324 e. The Morgan fingerprint density at radius 2 is 1.91 bits per heavy atom. The third-order valence-electron chi connectivity index (χ3n) is 6.94. The average Bonchev–Trinajstić information content (AvgIpc) is 2.81. The lowest BCUT2D eigenvalue weighted by Crippen LogP contribution is -2.43. The van der Waals surface area contributed by atoms with Crippen molar-refractivity contribution < 1.29 is 4.79 Å². The summed E-state index contributed by atoms with van der Waals surface area (Å²) in [6.45, 7) is 9.23. The second-order valence-electron chi connectivity index (χ2n) is 9.59. The van der Waals surface area contributed by atoms with Gasteiger partial charge in [0.25, 0.3) is 5.56 Å². The van der Waals surface area contributed by atoms with Gasteiger partial charge in [-0.05, 0) is 75.3 Å². The van der Waals surface area contributed by atoms with Crippen LogP contribution in [-0.2, 0) is 17.8 Å². The molecule has 1 N–H and O–H groups in total. The first kappa shape index (κ1) is 23.2. The van der Waals surface area contributed by atoms with Crippen LogP contribution < -0.4 is 10.9 Å². The second kappa shape index (κ2) is 10.3. The van der Waals surface area contributed by atoms with Gasteiger partial charge in [-0.25, -0.2) is 4.68 Å². The average molecular weight is 447 g/mol. The number of carbonyl (C=O) groups excluding carboxylic acids is 1. The number of nitrogens with one attached hydrogen (secondary N) is 1. The van der Waals surface area contributed by atoms with Crippen LogP contribution in [0, 0.1) is 11.8 Å². The molecule has 2 heterocycles. The monoisotopic (exact) mass is 446 g/mol. The predicted octanol–water partition coefficient (Wildman–Crippen LogP) is 4.33. The van der Waals surface area contributed by atoms with Gasteiger partial charge in [0.05, 0.1) is 11.6 Å². The van der Waals surface area contributed by atoms with Gasteiger partial charge in [-0.2, -0.15) is 5.10 Å². The van der Waals surface area contributed by atoms with Crippen LogP contribution in [0.15, 0.2) is 59.5 Å². The van der Waals surface area contributed by atoms with Crippen molar-refractivity contribution in [3.8, 4) is 0 Å². The predicted molar refractivity (Wildman–Crippen MR) is 133 cm³/mol. The zero-order valence-corrected chi connectivity index (χ0v) is 19.8. The number of fused-ring (bicyclic) bond motifs is 1. The minimum absolute atomic E-state index is 0.113. The summed E-state index contributed by atoms with van der Waals surface area (Å²) in [6.07, 6.45) is 5.15. The topological polar surface area (TPSA) is 67.2 Å². The maximum Gasteiger partial charge on any atom is 0.275 e. The lowest BCUT2D eigenvalue weighted by atomic mass is 9.82. The molecule has 3 aromatic rings. The molecule has 0 spiro atoms.